The van der Waals surface area contributed by atoms with Crippen molar-refractivity contribution in [3.8, 4) is 0 Å². The third-order valence-electron chi connectivity index (χ3n) is 3.98. The summed E-state index contributed by atoms with van der Waals surface area (Å²) in [5, 5.41) is 19.1. The van der Waals surface area contributed by atoms with Gasteiger partial charge in [0.05, 0.1) is 10.4 Å². The highest BCUT2D eigenvalue weighted by Crippen LogP contribution is 2.35. The highest BCUT2D eigenvalue weighted by molar-refractivity contribution is 8.26. The zero-order valence-electron chi connectivity index (χ0n) is 13.9. The van der Waals surface area contributed by atoms with Gasteiger partial charge in [0.15, 0.2) is 0 Å². The summed E-state index contributed by atoms with van der Waals surface area (Å²) in [4.78, 5) is 40.5. The van der Waals surface area contributed by atoms with Crippen LogP contribution < -0.4 is 0 Å². The molecule has 1 aromatic carbocycles. The predicted octanol–water partition coefficient (Wildman–Crippen LogP) is 2.75. The molecule has 1 saturated heterocycles. The van der Waals surface area contributed by atoms with Crippen molar-refractivity contribution in [2.45, 2.75) is 18.9 Å². The molecular formula is C18H14N2O5S2. The quantitative estimate of drug-likeness (QED) is 0.561. The number of hydrogen-bond acceptors (Lipinski definition) is 6. The smallest absolute Gasteiger partial charge is 0.326 e. The van der Waals surface area contributed by atoms with Crippen LogP contribution in [-0.2, 0) is 14.4 Å². The molecule has 27 heavy (non-hydrogen) atoms. The van der Waals surface area contributed by atoms with Crippen LogP contribution in [0.2, 0.25) is 0 Å². The number of fused-ring (bicyclic) bond motifs is 1. The number of benzene rings is 1. The molecule has 1 aliphatic heterocycles. The number of rotatable bonds is 6. The molecule has 9 heteroatoms. The van der Waals surface area contributed by atoms with Gasteiger partial charge in [-0.1, -0.05) is 36.1 Å². The van der Waals surface area contributed by atoms with Crippen LogP contribution in [0.5, 0.6) is 0 Å². The molecule has 0 unspecified atom stereocenters. The van der Waals surface area contributed by atoms with E-state index in [1.54, 1.807) is 18.3 Å². The molecule has 0 aliphatic carbocycles. The lowest BCUT2D eigenvalue weighted by atomic mass is 10.1. The third-order valence-corrected chi connectivity index (χ3v) is 5.31. The second kappa shape index (κ2) is 7.85. The second-order valence-corrected chi connectivity index (χ2v) is 7.47. The SMILES string of the molecule is O=C(O)CC[C@@H](C(=O)O)N1C(=O)/C(=C\c2ccc3ncccc3c2)SC1=S. The maximum absolute atomic E-state index is 12.7. The van der Waals surface area contributed by atoms with Crippen molar-refractivity contribution < 1.29 is 24.6 Å². The Labute approximate surface area is 163 Å². The lowest BCUT2D eigenvalue weighted by Gasteiger charge is -2.22. The first kappa shape index (κ1) is 19.0. The molecular weight excluding hydrogens is 388 g/mol. The van der Waals surface area contributed by atoms with Crippen LogP contribution in [0.25, 0.3) is 17.0 Å². The first-order valence-corrected chi connectivity index (χ1v) is 9.16. The minimum absolute atomic E-state index is 0.103. The van der Waals surface area contributed by atoms with Gasteiger partial charge in [-0.15, -0.1) is 0 Å². The van der Waals surface area contributed by atoms with E-state index in [9.17, 15) is 19.5 Å². The predicted molar refractivity (Wildman–Crippen MR) is 105 cm³/mol. The first-order valence-electron chi connectivity index (χ1n) is 7.93. The van der Waals surface area contributed by atoms with E-state index in [1.807, 2.05) is 24.3 Å². The monoisotopic (exact) mass is 402 g/mol. The van der Waals surface area contributed by atoms with Crippen LogP contribution in [0, 0.1) is 0 Å². The molecule has 2 N–H and O–H groups in total. The van der Waals surface area contributed by atoms with Gasteiger partial charge in [0.2, 0.25) is 0 Å². The number of aliphatic carboxylic acids is 2. The molecule has 1 atom stereocenters. The van der Waals surface area contributed by atoms with Crippen molar-refractivity contribution >= 4 is 63.1 Å². The molecule has 2 heterocycles. The number of carbonyl (C=O) groups excluding carboxylic acids is 1. The fraction of sp³-hybridized carbons (Fsp3) is 0.167. The Hall–Kier alpha value is -2.78. The average Bonchev–Trinajstić information content (AvgIpc) is 2.89. The summed E-state index contributed by atoms with van der Waals surface area (Å²) in [6.07, 6.45) is 2.74. The molecule has 3 rings (SSSR count). The number of carboxylic acids is 2. The average molecular weight is 402 g/mol. The summed E-state index contributed by atoms with van der Waals surface area (Å²) in [7, 11) is 0. The molecule has 1 amide bonds. The van der Waals surface area contributed by atoms with Gasteiger partial charge in [0.1, 0.15) is 10.4 Å². The Morgan fingerprint density at radius 1 is 1.30 bits per heavy atom. The Morgan fingerprint density at radius 2 is 2.07 bits per heavy atom. The van der Waals surface area contributed by atoms with E-state index < -0.39 is 23.9 Å². The van der Waals surface area contributed by atoms with E-state index in [0.717, 1.165) is 33.1 Å². The Bertz CT molecular complexity index is 989. The third kappa shape index (κ3) is 4.15. The van der Waals surface area contributed by atoms with E-state index in [-0.39, 0.29) is 17.2 Å². The highest BCUT2D eigenvalue weighted by atomic mass is 32.2. The Morgan fingerprint density at radius 3 is 2.78 bits per heavy atom. The van der Waals surface area contributed by atoms with Crippen LogP contribution >= 0.6 is 24.0 Å². The number of hydrogen-bond donors (Lipinski definition) is 2. The maximum Gasteiger partial charge on any atom is 0.326 e. The molecule has 138 valence electrons. The van der Waals surface area contributed by atoms with Crippen LogP contribution in [0.4, 0.5) is 0 Å². The van der Waals surface area contributed by atoms with Crippen molar-refractivity contribution in [2.75, 3.05) is 0 Å². The number of carbonyl (C=O) groups is 3. The van der Waals surface area contributed by atoms with Gasteiger partial charge in [-0.05, 0) is 36.3 Å². The van der Waals surface area contributed by atoms with Gasteiger partial charge >= 0.3 is 11.9 Å². The van der Waals surface area contributed by atoms with Crippen molar-refractivity contribution in [1.29, 1.82) is 0 Å². The van der Waals surface area contributed by atoms with Crippen molar-refractivity contribution in [1.82, 2.24) is 9.88 Å². The van der Waals surface area contributed by atoms with Crippen LogP contribution in [-0.4, -0.2) is 48.3 Å². The van der Waals surface area contributed by atoms with E-state index >= 15 is 0 Å². The standard InChI is InChI=1S/C18H14N2O5S2/c21-15(22)6-5-13(17(24)25)20-16(23)14(27-18(20)26)9-10-3-4-12-11(8-10)2-1-7-19-12/h1-4,7-9,13H,5-6H2,(H,21,22)(H,24,25)/b14-9+/t13-/m0/s1. The van der Waals surface area contributed by atoms with Gasteiger partial charge in [-0.2, -0.15) is 0 Å². The number of nitrogens with zero attached hydrogens (tertiary/aromatic N) is 2. The minimum atomic E-state index is -1.31. The van der Waals surface area contributed by atoms with Crippen LogP contribution in [0.1, 0.15) is 18.4 Å². The molecule has 0 spiro atoms. The normalized spacial score (nSPS) is 16.9. The van der Waals surface area contributed by atoms with Gasteiger partial charge in [0, 0.05) is 18.0 Å². The largest absolute Gasteiger partial charge is 0.481 e. The topological polar surface area (TPSA) is 108 Å². The van der Waals surface area contributed by atoms with Crippen molar-refractivity contribution in [2.24, 2.45) is 0 Å². The van der Waals surface area contributed by atoms with Crippen molar-refractivity contribution in [3.05, 3.63) is 47.0 Å². The zero-order valence-corrected chi connectivity index (χ0v) is 15.5. The molecule has 1 aromatic heterocycles. The van der Waals surface area contributed by atoms with Gasteiger partial charge in [-0.3, -0.25) is 19.5 Å². The number of amides is 1. The number of pyridine rings is 1. The molecule has 0 saturated carbocycles. The summed E-state index contributed by atoms with van der Waals surface area (Å²) in [5.41, 5.74) is 1.58. The number of aromatic nitrogens is 1. The second-order valence-electron chi connectivity index (χ2n) is 5.79. The van der Waals surface area contributed by atoms with Crippen LogP contribution in [0.15, 0.2) is 41.4 Å². The molecule has 1 fully saturated rings. The molecule has 7 nitrogen and oxygen atoms in total. The Balaban J connectivity index is 1.88. The van der Waals surface area contributed by atoms with Gasteiger partial charge in [0.25, 0.3) is 5.91 Å². The van der Waals surface area contributed by atoms with E-state index in [2.05, 4.69) is 4.98 Å². The van der Waals surface area contributed by atoms with E-state index in [1.165, 1.54) is 0 Å². The van der Waals surface area contributed by atoms with Crippen LogP contribution in [0.3, 0.4) is 0 Å². The summed E-state index contributed by atoms with van der Waals surface area (Å²) >= 11 is 6.17. The zero-order chi connectivity index (χ0) is 19.6. The summed E-state index contributed by atoms with van der Waals surface area (Å²) < 4.78 is 0.103. The van der Waals surface area contributed by atoms with E-state index in [4.69, 9.17) is 17.3 Å². The molecule has 0 bridgehead atoms. The summed E-state index contributed by atoms with van der Waals surface area (Å²) in [5.74, 6) is -2.95. The minimum Gasteiger partial charge on any atom is -0.481 e. The highest BCUT2D eigenvalue weighted by Gasteiger charge is 2.40. The number of thiocarbonyl (C=S) groups is 1. The lowest BCUT2D eigenvalue weighted by molar-refractivity contribution is -0.146. The first-order chi connectivity index (χ1) is 12.9. The maximum atomic E-state index is 12.7. The molecule has 0 radical (unpaired) electrons. The summed E-state index contributed by atoms with van der Waals surface area (Å²) in [6.45, 7) is 0. The summed E-state index contributed by atoms with van der Waals surface area (Å²) in [6, 6.07) is 7.91. The molecule has 2 aromatic rings. The molecule has 1 aliphatic rings. The number of carboxylic acid groups (broad SMARTS) is 2. The fourth-order valence-corrected chi connectivity index (χ4v) is 4.06. The number of thioether (sulfide) groups is 1. The fourth-order valence-electron chi connectivity index (χ4n) is 2.71. The lowest BCUT2D eigenvalue weighted by Crippen LogP contribution is -2.44. The van der Waals surface area contributed by atoms with E-state index in [0.29, 0.717) is 4.91 Å². The van der Waals surface area contributed by atoms with Crippen molar-refractivity contribution in [3.63, 3.8) is 0 Å². The van der Waals surface area contributed by atoms with Gasteiger partial charge in [-0.25, -0.2) is 4.79 Å². The van der Waals surface area contributed by atoms with Gasteiger partial charge < -0.3 is 10.2 Å². The Kier molecular flexibility index (Phi) is 5.52.